The van der Waals surface area contributed by atoms with Crippen LogP contribution < -0.4 is 0 Å². The van der Waals surface area contributed by atoms with E-state index in [9.17, 15) is 9.18 Å². The van der Waals surface area contributed by atoms with Crippen molar-refractivity contribution >= 4 is 16.8 Å². The monoisotopic (exact) mass is 432 g/mol. The highest BCUT2D eigenvalue weighted by Crippen LogP contribution is 2.39. The minimum atomic E-state index is -0.571. The maximum Gasteiger partial charge on any atom is 0.229 e. The Bertz CT molecular complexity index is 1100. The van der Waals surface area contributed by atoms with Crippen LogP contribution in [-0.2, 0) is 22.4 Å². The van der Waals surface area contributed by atoms with Crippen LogP contribution in [0.5, 0.6) is 0 Å². The van der Waals surface area contributed by atoms with Crippen molar-refractivity contribution in [1.82, 2.24) is 9.88 Å². The van der Waals surface area contributed by atoms with Crippen molar-refractivity contribution in [3.05, 3.63) is 77.7 Å². The molecule has 4 nitrogen and oxygen atoms in total. The van der Waals surface area contributed by atoms with E-state index in [1.165, 1.54) is 17.0 Å². The second-order valence-electron chi connectivity index (χ2n) is 9.26. The number of carbonyl (C=O) groups excluding carboxylic acids is 1. The normalized spacial score (nSPS) is 20.5. The first kappa shape index (κ1) is 21.1. The summed E-state index contributed by atoms with van der Waals surface area (Å²) < 4.78 is 20.0. The van der Waals surface area contributed by atoms with Gasteiger partial charge in [-0.25, -0.2) is 4.39 Å². The molecule has 0 bridgehead atoms. The van der Waals surface area contributed by atoms with Crippen molar-refractivity contribution in [2.75, 3.05) is 26.3 Å². The van der Waals surface area contributed by atoms with Crippen LogP contribution in [0.25, 0.3) is 10.9 Å². The molecule has 0 radical (unpaired) electrons. The third-order valence-electron chi connectivity index (χ3n) is 7.21. The number of halogens is 1. The summed E-state index contributed by atoms with van der Waals surface area (Å²) in [5.41, 5.74) is 2.37. The Labute approximate surface area is 188 Å². The van der Waals surface area contributed by atoms with Crippen LogP contribution >= 0.6 is 0 Å². The Kier molecular flexibility index (Phi) is 5.92. The molecule has 2 aliphatic heterocycles. The van der Waals surface area contributed by atoms with E-state index in [1.54, 1.807) is 12.1 Å². The maximum absolute atomic E-state index is 14.4. The van der Waals surface area contributed by atoms with Gasteiger partial charge in [0.25, 0.3) is 0 Å². The molecule has 3 aromatic rings. The van der Waals surface area contributed by atoms with E-state index in [1.807, 2.05) is 29.3 Å². The molecule has 5 heteroatoms. The van der Waals surface area contributed by atoms with Gasteiger partial charge >= 0.3 is 0 Å². The number of nitrogens with zero attached hydrogens (tertiary/aromatic N) is 2. The predicted molar refractivity (Wildman–Crippen MR) is 123 cm³/mol. The van der Waals surface area contributed by atoms with E-state index in [4.69, 9.17) is 4.74 Å². The van der Waals surface area contributed by atoms with Gasteiger partial charge in [0.1, 0.15) is 5.82 Å². The van der Waals surface area contributed by atoms with Crippen molar-refractivity contribution in [2.45, 2.75) is 32.1 Å². The van der Waals surface area contributed by atoms with Crippen molar-refractivity contribution in [3.8, 4) is 0 Å². The fourth-order valence-electron chi connectivity index (χ4n) is 5.41. The number of amides is 1. The summed E-state index contributed by atoms with van der Waals surface area (Å²) >= 11 is 0. The molecule has 0 saturated carbocycles. The predicted octanol–water partition coefficient (Wildman–Crippen LogP) is 4.80. The number of hydrogen-bond acceptors (Lipinski definition) is 3. The van der Waals surface area contributed by atoms with E-state index in [-0.39, 0.29) is 11.7 Å². The Morgan fingerprint density at radius 2 is 1.88 bits per heavy atom. The van der Waals surface area contributed by atoms with Crippen LogP contribution in [0.1, 0.15) is 30.4 Å². The molecule has 3 heterocycles. The number of ether oxygens (including phenoxy) is 1. The molecular weight excluding hydrogens is 403 g/mol. The quantitative estimate of drug-likeness (QED) is 0.581. The van der Waals surface area contributed by atoms with E-state index in [2.05, 4.69) is 23.2 Å². The molecule has 0 spiro atoms. The van der Waals surface area contributed by atoms with Gasteiger partial charge in [0.15, 0.2) is 0 Å². The highest BCUT2D eigenvalue weighted by molar-refractivity contribution is 5.84. The molecule has 1 unspecified atom stereocenters. The van der Waals surface area contributed by atoms with Crippen LogP contribution in [0.4, 0.5) is 4.39 Å². The smallest absolute Gasteiger partial charge is 0.229 e. The topological polar surface area (TPSA) is 42.4 Å². The molecule has 0 N–H and O–H groups in total. The van der Waals surface area contributed by atoms with Gasteiger partial charge in [-0.15, -0.1) is 0 Å². The Hall–Kier alpha value is -2.79. The first-order valence-corrected chi connectivity index (χ1v) is 11.6. The van der Waals surface area contributed by atoms with Crippen molar-refractivity contribution in [3.63, 3.8) is 0 Å². The summed E-state index contributed by atoms with van der Waals surface area (Å²) in [6.45, 7) is 2.64. The van der Waals surface area contributed by atoms with Gasteiger partial charge in [-0.05, 0) is 67.3 Å². The highest BCUT2D eigenvalue weighted by atomic mass is 19.1. The Morgan fingerprint density at radius 1 is 1.06 bits per heavy atom. The molecule has 2 aromatic carbocycles. The molecule has 1 aromatic heterocycles. The maximum atomic E-state index is 14.4. The molecule has 5 rings (SSSR count). The van der Waals surface area contributed by atoms with Crippen molar-refractivity contribution in [2.24, 2.45) is 11.3 Å². The minimum absolute atomic E-state index is 0.172. The van der Waals surface area contributed by atoms with Crippen LogP contribution in [0.3, 0.4) is 0 Å². The van der Waals surface area contributed by atoms with Gasteiger partial charge < -0.3 is 9.64 Å². The molecule has 2 saturated heterocycles. The molecule has 1 atom stereocenters. The second kappa shape index (κ2) is 8.99. The molecule has 1 amide bonds. The zero-order valence-corrected chi connectivity index (χ0v) is 18.3. The standard InChI is InChI=1S/C27H29FN2O2/c28-24-8-2-1-5-22(24)18-27(11-15-32-16-12-27)26(31)30-14-10-20(19-30)17-21-6-3-9-25-23(21)7-4-13-29-25/h1-9,13,20H,10-12,14-19H2. The summed E-state index contributed by atoms with van der Waals surface area (Å²) in [5, 5.41) is 1.19. The number of aromatic nitrogens is 1. The van der Waals surface area contributed by atoms with E-state index in [0.29, 0.717) is 44.0 Å². The molecule has 2 aliphatic rings. The van der Waals surface area contributed by atoms with Crippen LogP contribution in [0.2, 0.25) is 0 Å². The lowest BCUT2D eigenvalue weighted by molar-refractivity contribution is -0.147. The van der Waals surface area contributed by atoms with Gasteiger partial charge in [0.05, 0.1) is 10.9 Å². The lowest BCUT2D eigenvalue weighted by atomic mass is 9.74. The Morgan fingerprint density at radius 3 is 2.72 bits per heavy atom. The zero-order chi connectivity index (χ0) is 22.0. The summed E-state index contributed by atoms with van der Waals surface area (Å²) in [6.07, 6.45) is 5.50. The average molecular weight is 433 g/mol. The molecule has 0 aliphatic carbocycles. The molecular formula is C27H29FN2O2. The summed E-state index contributed by atoms with van der Waals surface area (Å²) in [7, 11) is 0. The fraction of sp³-hybridized carbons (Fsp3) is 0.407. The number of carbonyl (C=O) groups is 1. The van der Waals surface area contributed by atoms with E-state index >= 15 is 0 Å². The molecule has 2 fully saturated rings. The van der Waals surface area contributed by atoms with Crippen LogP contribution in [0, 0.1) is 17.2 Å². The number of benzene rings is 2. The van der Waals surface area contributed by atoms with Gasteiger partial charge in [-0.1, -0.05) is 36.4 Å². The summed E-state index contributed by atoms with van der Waals surface area (Å²) in [6, 6.07) is 17.2. The average Bonchev–Trinajstić information content (AvgIpc) is 3.29. The first-order valence-electron chi connectivity index (χ1n) is 11.6. The van der Waals surface area contributed by atoms with E-state index < -0.39 is 5.41 Å². The van der Waals surface area contributed by atoms with Crippen LogP contribution in [-0.4, -0.2) is 42.1 Å². The van der Waals surface area contributed by atoms with Gasteiger partial charge in [0, 0.05) is 37.9 Å². The highest BCUT2D eigenvalue weighted by Gasteiger charge is 2.44. The summed E-state index contributed by atoms with van der Waals surface area (Å²) in [4.78, 5) is 20.3. The van der Waals surface area contributed by atoms with E-state index in [0.717, 1.165) is 31.4 Å². The number of likely N-dealkylation sites (tertiary alicyclic amines) is 1. The lowest BCUT2D eigenvalue weighted by Gasteiger charge is -2.39. The lowest BCUT2D eigenvalue weighted by Crippen LogP contribution is -2.47. The number of rotatable bonds is 5. The molecule has 166 valence electrons. The zero-order valence-electron chi connectivity index (χ0n) is 18.3. The number of pyridine rings is 1. The SMILES string of the molecule is O=C(N1CCC(Cc2cccc3ncccc23)C1)C1(Cc2ccccc2F)CCOCC1. The second-order valence-corrected chi connectivity index (χ2v) is 9.26. The number of hydrogen-bond donors (Lipinski definition) is 0. The largest absolute Gasteiger partial charge is 0.381 e. The Balaban J connectivity index is 1.32. The van der Waals surface area contributed by atoms with Gasteiger partial charge in [-0.3, -0.25) is 9.78 Å². The van der Waals surface area contributed by atoms with Gasteiger partial charge in [-0.2, -0.15) is 0 Å². The molecule has 32 heavy (non-hydrogen) atoms. The van der Waals surface area contributed by atoms with Crippen LogP contribution in [0.15, 0.2) is 60.8 Å². The fourth-order valence-corrected chi connectivity index (χ4v) is 5.41. The first-order chi connectivity index (χ1) is 15.6. The van der Waals surface area contributed by atoms with Crippen molar-refractivity contribution < 1.29 is 13.9 Å². The van der Waals surface area contributed by atoms with Crippen molar-refractivity contribution in [1.29, 1.82) is 0 Å². The summed E-state index contributed by atoms with van der Waals surface area (Å²) in [5.74, 6) is 0.372. The third-order valence-corrected chi connectivity index (χ3v) is 7.21. The number of fused-ring (bicyclic) bond motifs is 1. The minimum Gasteiger partial charge on any atom is -0.381 e. The third kappa shape index (κ3) is 4.14. The van der Waals surface area contributed by atoms with Gasteiger partial charge in [0.2, 0.25) is 5.91 Å².